The van der Waals surface area contributed by atoms with Crippen molar-refractivity contribution in [1.82, 2.24) is 0 Å². The van der Waals surface area contributed by atoms with Crippen LogP contribution in [0.3, 0.4) is 0 Å². The second-order valence-corrected chi connectivity index (χ2v) is 3.79. The predicted octanol–water partition coefficient (Wildman–Crippen LogP) is -0.838. The highest BCUT2D eigenvalue weighted by Gasteiger charge is 2.37. The number of carbonyl (C=O) groups excluding carboxylic acids is 1. The van der Waals surface area contributed by atoms with Gasteiger partial charge in [-0.1, -0.05) is 30.3 Å². The first-order chi connectivity index (χ1) is 9.34. The van der Waals surface area contributed by atoms with Gasteiger partial charge in [-0.3, -0.25) is 0 Å². The van der Waals surface area contributed by atoms with Crippen molar-refractivity contribution in [2.45, 2.75) is 18.3 Å². The molecular formula is C12H12O8. The molecule has 0 saturated carbocycles. The molecule has 20 heavy (non-hydrogen) atoms. The summed E-state index contributed by atoms with van der Waals surface area (Å²) in [5.41, 5.74) is 0.145. The summed E-state index contributed by atoms with van der Waals surface area (Å²) in [6, 6.07) is 7.50. The molecule has 3 atom stereocenters. The third-order valence-electron chi connectivity index (χ3n) is 2.36. The van der Waals surface area contributed by atoms with Gasteiger partial charge in [-0.05, 0) is 5.56 Å². The number of benzene rings is 1. The summed E-state index contributed by atoms with van der Waals surface area (Å²) in [5.74, 6) is -5.07. The van der Waals surface area contributed by atoms with Crippen LogP contribution in [0.25, 0.3) is 0 Å². The molecule has 2 unspecified atom stereocenters. The number of hydrogen-bond donors (Lipinski definition) is 4. The Kier molecular flexibility index (Phi) is 5.18. The number of ether oxygens (including phenoxy) is 1. The minimum Gasteiger partial charge on any atom is -0.479 e. The van der Waals surface area contributed by atoms with E-state index in [1.165, 1.54) is 24.3 Å². The van der Waals surface area contributed by atoms with E-state index in [0.29, 0.717) is 0 Å². The Labute approximate surface area is 112 Å². The van der Waals surface area contributed by atoms with Crippen molar-refractivity contribution in [2.24, 2.45) is 0 Å². The van der Waals surface area contributed by atoms with Gasteiger partial charge >= 0.3 is 17.9 Å². The van der Waals surface area contributed by atoms with Crippen LogP contribution in [0.1, 0.15) is 11.7 Å². The molecule has 0 aliphatic heterocycles. The van der Waals surface area contributed by atoms with Gasteiger partial charge in [0, 0.05) is 0 Å². The Morgan fingerprint density at radius 1 is 0.950 bits per heavy atom. The highest BCUT2D eigenvalue weighted by atomic mass is 16.6. The number of esters is 1. The van der Waals surface area contributed by atoms with Gasteiger partial charge in [0.15, 0.2) is 12.2 Å². The van der Waals surface area contributed by atoms with E-state index >= 15 is 0 Å². The number of carboxylic acid groups (broad SMARTS) is 2. The molecule has 108 valence electrons. The molecular weight excluding hydrogens is 272 g/mol. The molecule has 1 rings (SSSR count). The van der Waals surface area contributed by atoms with E-state index in [4.69, 9.17) is 15.3 Å². The second kappa shape index (κ2) is 6.64. The molecule has 0 bridgehead atoms. The highest BCUT2D eigenvalue weighted by molar-refractivity contribution is 5.86. The summed E-state index contributed by atoms with van der Waals surface area (Å²) in [4.78, 5) is 32.8. The van der Waals surface area contributed by atoms with Crippen molar-refractivity contribution in [3.8, 4) is 0 Å². The monoisotopic (exact) mass is 284 g/mol. The third kappa shape index (κ3) is 3.77. The largest absolute Gasteiger partial charge is 0.479 e. The molecule has 0 aliphatic rings. The van der Waals surface area contributed by atoms with Crippen LogP contribution in [0.2, 0.25) is 0 Å². The van der Waals surface area contributed by atoms with Crippen molar-refractivity contribution in [3.63, 3.8) is 0 Å². The maximum atomic E-state index is 11.5. The zero-order valence-corrected chi connectivity index (χ0v) is 10.0. The Bertz CT molecular complexity index is 497. The van der Waals surface area contributed by atoms with Crippen LogP contribution in [-0.4, -0.2) is 50.5 Å². The van der Waals surface area contributed by atoms with Crippen LogP contribution in [0.4, 0.5) is 0 Å². The van der Waals surface area contributed by atoms with Crippen LogP contribution in [0, 0.1) is 0 Å². The fourth-order valence-electron chi connectivity index (χ4n) is 1.34. The molecule has 0 aromatic heterocycles. The lowest BCUT2D eigenvalue weighted by molar-refractivity contribution is -0.183. The number of hydrogen-bond acceptors (Lipinski definition) is 6. The third-order valence-corrected chi connectivity index (χ3v) is 2.36. The second-order valence-electron chi connectivity index (χ2n) is 3.79. The van der Waals surface area contributed by atoms with E-state index in [0.717, 1.165) is 0 Å². The maximum Gasteiger partial charge on any atom is 0.348 e. The van der Waals surface area contributed by atoms with Crippen molar-refractivity contribution < 1.29 is 39.5 Å². The molecule has 8 heteroatoms. The zero-order chi connectivity index (χ0) is 15.3. The molecule has 4 N–H and O–H groups in total. The topological polar surface area (TPSA) is 141 Å². The van der Waals surface area contributed by atoms with Crippen molar-refractivity contribution >= 4 is 17.9 Å². The van der Waals surface area contributed by atoms with E-state index in [1.54, 1.807) is 6.07 Å². The fraction of sp³-hybridized carbons (Fsp3) is 0.250. The van der Waals surface area contributed by atoms with Crippen molar-refractivity contribution in [2.75, 3.05) is 0 Å². The van der Waals surface area contributed by atoms with Crippen LogP contribution in [-0.2, 0) is 19.1 Å². The molecule has 0 spiro atoms. The molecule has 1 aromatic carbocycles. The van der Waals surface area contributed by atoms with Crippen LogP contribution >= 0.6 is 0 Å². The standard InChI is InChI=1S/C12H12O8/c13-7(6-4-2-1-3-5-6)12(19)20-9(11(17)18)8(14)10(15)16/h1-5,7-9,13-14H,(H,15,16)(H,17,18)/t7-,8?,9?/m1/s1. The Balaban J connectivity index is 2.81. The summed E-state index contributed by atoms with van der Waals surface area (Å²) >= 11 is 0. The average molecular weight is 284 g/mol. The van der Waals surface area contributed by atoms with E-state index in [-0.39, 0.29) is 5.56 Å². The summed E-state index contributed by atoms with van der Waals surface area (Å²) in [6.45, 7) is 0. The van der Waals surface area contributed by atoms with Crippen LogP contribution < -0.4 is 0 Å². The number of aliphatic carboxylic acids is 2. The van der Waals surface area contributed by atoms with E-state index in [2.05, 4.69) is 4.74 Å². The number of aliphatic hydroxyl groups is 2. The smallest absolute Gasteiger partial charge is 0.348 e. The molecule has 1 aromatic rings. The Morgan fingerprint density at radius 2 is 1.50 bits per heavy atom. The Morgan fingerprint density at radius 3 is 1.95 bits per heavy atom. The molecule has 0 heterocycles. The zero-order valence-electron chi connectivity index (χ0n) is 10.0. The van der Waals surface area contributed by atoms with E-state index < -0.39 is 36.2 Å². The average Bonchev–Trinajstić information content (AvgIpc) is 2.43. The maximum absolute atomic E-state index is 11.5. The molecule has 0 radical (unpaired) electrons. The lowest BCUT2D eigenvalue weighted by Crippen LogP contribution is -2.43. The summed E-state index contributed by atoms with van der Waals surface area (Å²) in [6.07, 6.45) is -6.52. The SMILES string of the molecule is O=C(O)C(O)C(OC(=O)[C@H](O)c1ccccc1)C(=O)O. The first-order valence-corrected chi connectivity index (χ1v) is 5.41. The lowest BCUT2D eigenvalue weighted by atomic mass is 10.1. The molecule has 0 saturated heterocycles. The lowest BCUT2D eigenvalue weighted by Gasteiger charge is -2.18. The number of carboxylic acids is 2. The van der Waals surface area contributed by atoms with Gasteiger partial charge in [-0.2, -0.15) is 0 Å². The summed E-state index contributed by atoms with van der Waals surface area (Å²) in [5, 5.41) is 36.0. The molecule has 0 fully saturated rings. The van der Waals surface area contributed by atoms with E-state index in [9.17, 15) is 19.5 Å². The number of aliphatic hydroxyl groups excluding tert-OH is 2. The first-order valence-electron chi connectivity index (χ1n) is 5.41. The first kappa shape index (κ1) is 15.6. The molecule has 0 aliphatic carbocycles. The van der Waals surface area contributed by atoms with Gasteiger partial charge in [0.2, 0.25) is 6.10 Å². The number of rotatable bonds is 6. The minimum absolute atomic E-state index is 0.145. The van der Waals surface area contributed by atoms with Gasteiger partial charge < -0.3 is 25.2 Å². The van der Waals surface area contributed by atoms with Crippen LogP contribution in [0.15, 0.2) is 30.3 Å². The molecule has 8 nitrogen and oxygen atoms in total. The normalized spacial score (nSPS) is 14.9. The van der Waals surface area contributed by atoms with Gasteiger partial charge in [-0.25, -0.2) is 14.4 Å². The highest BCUT2D eigenvalue weighted by Crippen LogP contribution is 2.15. The number of carbonyl (C=O) groups is 3. The van der Waals surface area contributed by atoms with Gasteiger partial charge in [-0.15, -0.1) is 0 Å². The minimum atomic E-state index is -2.43. The van der Waals surface area contributed by atoms with Gasteiger partial charge in [0.05, 0.1) is 0 Å². The molecule has 0 amide bonds. The predicted molar refractivity (Wildman–Crippen MR) is 62.6 cm³/mol. The van der Waals surface area contributed by atoms with Crippen LogP contribution in [0.5, 0.6) is 0 Å². The Hall–Kier alpha value is -2.45. The quantitative estimate of drug-likeness (QED) is 0.495. The van der Waals surface area contributed by atoms with Crippen molar-refractivity contribution in [1.29, 1.82) is 0 Å². The van der Waals surface area contributed by atoms with Crippen molar-refractivity contribution in [3.05, 3.63) is 35.9 Å². The van der Waals surface area contributed by atoms with E-state index in [1.807, 2.05) is 0 Å². The van der Waals surface area contributed by atoms with Gasteiger partial charge in [0.1, 0.15) is 0 Å². The summed E-state index contributed by atoms with van der Waals surface area (Å²) in [7, 11) is 0. The fourth-order valence-corrected chi connectivity index (χ4v) is 1.34. The van der Waals surface area contributed by atoms with Gasteiger partial charge in [0.25, 0.3) is 0 Å². The summed E-state index contributed by atoms with van der Waals surface area (Å²) < 4.78 is 4.33.